The van der Waals surface area contributed by atoms with Gasteiger partial charge in [-0.2, -0.15) is 0 Å². The number of benzene rings is 1. The van der Waals surface area contributed by atoms with Gasteiger partial charge in [0.25, 0.3) is 5.69 Å². The second kappa shape index (κ2) is 6.48. The lowest BCUT2D eigenvalue weighted by atomic mass is 10.0. The van der Waals surface area contributed by atoms with E-state index in [0.717, 1.165) is 0 Å². The monoisotopic (exact) mass is 265 g/mol. The van der Waals surface area contributed by atoms with Crippen molar-refractivity contribution in [3.8, 4) is 0 Å². The summed E-state index contributed by atoms with van der Waals surface area (Å²) in [6.45, 7) is 0. The number of carbonyl (C=O) groups excluding carboxylic acids is 2. The third kappa shape index (κ3) is 4.06. The van der Waals surface area contributed by atoms with Crippen LogP contribution in [-0.4, -0.2) is 30.8 Å². The average Bonchev–Trinajstić information content (AvgIpc) is 2.39. The molecule has 1 aromatic carbocycles. The SMILES string of the molecule is CNC(=O)Cc1ccc(CC(=O)NC)c([N+](=O)[O-])c1. The molecule has 2 amide bonds. The zero-order chi connectivity index (χ0) is 14.4. The highest BCUT2D eigenvalue weighted by Gasteiger charge is 2.17. The van der Waals surface area contributed by atoms with E-state index in [1.807, 2.05) is 0 Å². The first-order valence-corrected chi connectivity index (χ1v) is 5.65. The topological polar surface area (TPSA) is 101 Å². The van der Waals surface area contributed by atoms with Gasteiger partial charge in [-0.05, 0) is 5.56 Å². The van der Waals surface area contributed by atoms with Crippen LogP contribution < -0.4 is 10.6 Å². The van der Waals surface area contributed by atoms with Gasteiger partial charge >= 0.3 is 0 Å². The van der Waals surface area contributed by atoms with Gasteiger partial charge in [-0.1, -0.05) is 12.1 Å². The van der Waals surface area contributed by atoms with Crippen LogP contribution in [-0.2, 0) is 22.4 Å². The minimum absolute atomic E-state index is 0.0624. The molecule has 7 heteroatoms. The van der Waals surface area contributed by atoms with E-state index in [1.165, 1.54) is 26.2 Å². The Hall–Kier alpha value is -2.44. The van der Waals surface area contributed by atoms with Gasteiger partial charge in [0.1, 0.15) is 0 Å². The van der Waals surface area contributed by atoms with Gasteiger partial charge in [0.2, 0.25) is 11.8 Å². The summed E-state index contributed by atoms with van der Waals surface area (Å²) in [5.74, 6) is -0.532. The van der Waals surface area contributed by atoms with Crippen LogP contribution in [0.15, 0.2) is 18.2 Å². The van der Waals surface area contributed by atoms with E-state index in [2.05, 4.69) is 10.6 Å². The molecule has 7 nitrogen and oxygen atoms in total. The van der Waals surface area contributed by atoms with Crippen LogP contribution in [0, 0.1) is 10.1 Å². The van der Waals surface area contributed by atoms with Crippen molar-refractivity contribution in [2.24, 2.45) is 0 Å². The summed E-state index contributed by atoms with van der Waals surface area (Å²) in [4.78, 5) is 32.9. The summed E-state index contributed by atoms with van der Waals surface area (Å²) in [5.41, 5.74) is 0.710. The lowest BCUT2D eigenvalue weighted by Crippen LogP contribution is -2.21. The third-order valence-corrected chi connectivity index (χ3v) is 2.62. The Morgan fingerprint density at radius 2 is 1.74 bits per heavy atom. The zero-order valence-electron chi connectivity index (χ0n) is 10.7. The fourth-order valence-corrected chi connectivity index (χ4v) is 1.57. The molecule has 0 aliphatic carbocycles. The number of carbonyl (C=O) groups is 2. The molecular weight excluding hydrogens is 250 g/mol. The minimum atomic E-state index is -0.550. The smallest absolute Gasteiger partial charge is 0.273 e. The lowest BCUT2D eigenvalue weighted by Gasteiger charge is -2.05. The van der Waals surface area contributed by atoms with E-state index < -0.39 is 4.92 Å². The summed E-state index contributed by atoms with van der Waals surface area (Å²) in [6.07, 6.45) is 0.00462. The summed E-state index contributed by atoms with van der Waals surface area (Å²) in [7, 11) is 2.96. The summed E-state index contributed by atoms with van der Waals surface area (Å²) in [5, 5.41) is 15.8. The number of hydrogen-bond donors (Lipinski definition) is 2. The first-order valence-electron chi connectivity index (χ1n) is 5.65. The van der Waals surface area contributed by atoms with Crippen LogP contribution in [0.3, 0.4) is 0 Å². The Labute approximate surface area is 110 Å². The molecule has 19 heavy (non-hydrogen) atoms. The predicted molar refractivity (Wildman–Crippen MR) is 68.6 cm³/mol. The highest BCUT2D eigenvalue weighted by Crippen LogP contribution is 2.21. The quantitative estimate of drug-likeness (QED) is 0.585. The maximum atomic E-state index is 11.3. The largest absolute Gasteiger partial charge is 0.359 e. The zero-order valence-corrected chi connectivity index (χ0v) is 10.7. The van der Waals surface area contributed by atoms with E-state index in [-0.39, 0.29) is 30.3 Å². The number of nitro benzene ring substituents is 1. The average molecular weight is 265 g/mol. The van der Waals surface area contributed by atoms with Crippen molar-refractivity contribution in [2.45, 2.75) is 12.8 Å². The molecule has 1 rings (SSSR count). The number of rotatable bonds is 5. The third-order valence-electron chi connectivity index (χ3n) is 2.62. The Bertz CT molecular complexity index is 514. The number of hydrogen-bond acceptors (Lipinski definition) is 4. The Balaban J connectivity index is 3.04. The van der Waals surface area contributed by atoms with E-state index in [9.17, 15) is 19.7 Å². The molecule has 0 atom stereocenters. The fourth-order valence-electron chi connectivity index (χ4n) is 1.57. The van der Waals surface area contributed by atoms with Gasteiger partial charge in [0.05, 0.1) is 17.8 Å². The standard InChI is InChI=1S/C12H15N3O4/c1-13-11(16)6-8-3-4-9(7-12(17)14-2)10(5-8)15(18)19/h3-5H,6-7H2,1-2H3,(H,13,16)(H,14,17). The molecule has 0 heterocycles. The highest BCUT2D eigenvalue weighted by atomic mass is 16.6. The summed E-state index contributed by atoms with van der Waals surface area (Å²) < 4.78 is 0. The number of likely N-dealkylation sites (N-methyl/N-ethyl adjacent to an activating group) is 2. The Kier molecular flexibility index (Phi) is 4.99. The summed E-state index contributed by atoms with van der Waals surface area (Å²) in [6, 6.07) is 4.44. The maximum Gasteiger partial charge on any atom is 0.273 e. The van der Waals surface area contributed by atoms with Gasteiger partial charge < -0.3 is 10.6 Å². The molecule has 0 saturated carbocycles. The molecule has 0 radical (unpaired) electrons. The van der Waals surface area contributed by atoms with Crippen molar-refractivity contribution in [3.63, 3.8) is 0 Å². The van der Waals surface area contributed by atoms with Crippen LogP contribution in [0.1, 0.15) is 11.1 Å². The summed E-state index contributed by atoms with van der Waals surface area (Å²) >= 11 is 0. The molecule has 0 aliphatic heterocycles. The van der Waals surface area contributed by atoms with Crippen LogP contribution in [0.5, 0.6) is 0 Å². The Morgan fingerprint density at radius 1 is 1.16 bits per heavy atom. The molecule has 1 aromatic rings. The van der Waals surface area contributed by atoms with Crippen LogP contribution >= 0.6 is 0 Å². The molecule has 0 bridgehead atoms. The molecule has 0 saturated heterocycles. The molecule has 2 N–H and O–H groups in total. The maximum absolute atomic E-state index is 11.3. The van der Waals surface area contributed by atoms with Crippen molar-refractivity contribution >= 4 is 17.5 Å². The predicted octanol–water partition coefficient (Wildman–Crippen LogP) is 0.172. The van der Waals surface area contributed by atoms with Gasteiger partial charge in [-0.15, -0.1) is 0 Å². The van der Waals surface area contributed by atoms with E-state index in [0.29, 0.717) is 11.1 Å². The Morgan fingerprint density at radius 3 is 2.26 bits per heavy atom. The van der Waals surface area contributed by atoms with Crippen molar-refractivity contribution in [1.82, 2.24) is 10.6 Å². The van der Waals surface area contributed by atoms with Crippen LogP contribution in [0.4, 0.5) is 5.69 Å². The van der Waals surface area contributed by atoms with Crippen LogP contribution in [0.2, 0.25) is 0 Å². The molecule has 102 valence electrons. The van der Waals surface area contributed by atoms with Crippen molar-refractivity contribution in [3.05, 3.63) is 39.4 Å². The lowest BCUT2D eigenvalue weighted by molar-refractivity contribution is -0.385. The van der Waals surface area contributed by atoms with Crippen molar-refractivity contribution < 1.29 is 14.5 Å². The van der Waals surface area contributed by atoms with Crippen molar-refractivity contribution in [2.75, 3.05) is 14.1 Å². The van der Waals surface area contributed by atoms with Crippen LogP contribution in [0.25, 0.3) is 0 Å². The number of amides is 2. The molecule has 0 unspecified atom stereocenters. The van der Waals surface area contributed by atoms with E-state index in [1.54, 1.807) is 6.07 Å². The number of nitrogens with one attached hydrogen (secondary N) is 2. The van der Waals surface area contributed by atoms with E-state index >= 15 is 0 Å². The fraction of sp³-hybridized carbons (Fsp3) is 0.333. The second-order valence-electron chi connectivity index (χ2n) is 3.92. The van der Waals surface area contributed by atoms with Crippen molar-refractivity contribution in [1.29, 1.82) is 0 Å². The number of nitrogens with zero attached hydrogens (tertiary/aromatic N) is 1. The normalized spacial score (nSPS) is 9.79. The molecule has 0 spiro atoms. The van der Waals surface area contributed by atoms with Gasteiger partial charge in [0, 0.05) is 25.7 Å². The molecular formula is C12H15N3O4. The molecule has 0 aromatic heterocycles. The molecule has 0 fully saturated rings. The van der Waals surface area contributed by atoms with Gasteiger partial charge in [0.15, 0.2) is 0 Å². The molecule has 0 aliphatic rings. The van der Waals surface area contributed by atoms with Gasteiger partial charge in [-0.3, -0.25) is 19.7 Å². The first-order chi connectivity index (χ1) is 8.97. The highest BCUT2D eigenvalue weighted by molar-refractivity contribution is 5.80. The van der Waals surface area contributed by atoms with Gasteiger partial charge in [-0.25, -0.2) is 0 Å². The minimum Gasteiger partial charge on any atom is -0.359 e. The van der Waals surface area contributed by atoms with E-state index in [4.69, 9.17) is 0 Å². The first kappa shape index (κ1) is 14.6. The second-order valence-corrected chi connectivity index (χ2v) is 3.92. The number of nitro groups is 1.